The second-order valence-corrected chi connectivity index (χ2v) is 7.88. The van der Waals surface area contributed by atoms with E-state index in [0.29, 0.717) is 12.1 Å². The summed E-state index contributed by atoms with van der Waals surface area (Å²) in [7, 11) is 0. The van der Waals surface area contributed by atoms with Gasteiger partial charge in [0.15, 0.2) is 0 Å². The van der Waals surface area contributed by atoms with Crippen LogP contribution in [0.1, 0.15) is 51.0 Å². The fourth-order valence-electron chi connectivity index (χ4n) is 4.07. The summed E-state index contributed by atoms with van der Waals surface area (Å²) in [5, 5.41) is 19.3. The Morgan fingerprint density at radius 1 is 0.969 bits per heavy atom. The van der Waals surface area contributed by atoms with Gasteiger partial charge < -0.3 is 14.8 Å². The molecule has 0 atom stereocenters. The minimum atomic E-state index is -0.987. The molecule has 0 aliphatic rings. The van der Waals surface area contributed by atoms with Crippen molar-refractivity contribution in [2.45, 2.75) is 33.2 Å². The number of nitrogens with zero attached hydrogens (tertiary/aromatic N) is 2. The number of hydrogen-bond acceptors (Lipinski definition) is 3. The zero-order chi connectivity index (χ0) is 22.8. The van der Waals surface area contributed by atoms with E-state index in [2.05, 4.69) is 6.92 Å². The lowest BCUT2D eigenvalue weighted by molar-refractivity contribution is 0.0686. The minimum absolute atomic E-state index is 0.213. The lowest BCUT2D eigenvalue weighted by Crippen LogP contribution is -2.08. The van der Waals surface area contributed by atoms with E-state index in [1.165, 1.54) is 0 Å². The maximum Gasteiger partial charge on any atom is 0.336 e. The Kier molecular flexibility index (Phi) is 5.77. The van der Waals surface area contributed by atoms with Gasteiger partial charge in [0.2, 0.25) is 0 Å². The number of carbonyl (C=O) groups is 2. The summed E-state index contributed by atoms with van der Waals surface area (Å²) < 4.78 is 2.00. The van der Waals surface area contributed by atoms with Crippen LogP contribution < -0.4 is 0 Å². The number of aryl methyl sites for hydroxylation is 2. The van der Waals surface area contributed by atoms with Gasteiger partial charge >= 0.3 is 11.9 Å². The van der Waals surface area contributed by atoms with Crippen molar-refractivity contribution in [2.24, 2.45) is 0 Å². The lowest BCUT2D eigenvalue weighted by atomic mass is 9.97. The van der Waals surface area contributed by atoms with Crippen LogP contribution in [0, 0.1) is 6.92 Å². The van der Waals surface area contributed by atoms with Crippen LogP contribution in [0.15, 0.2) is 60.7 Å². The van der Waals surface area contributed by atoms with Crippen LogP contribution in [0.4, 0.5) is 0 Å². The second kappa shape index (κ2) is 8.67. The fourth-order valence-corrected chi connectivity index (χ4v) is 4.07. The molecule has 0 spiro atoms. The predicted molar refractivity (Wildman–Crippen MR) is 123 cm³/mol. The Morgan fingerprint density at radius 3 is 2.38 bits per heavy atom. The van der Waals surface area contributed by atoms with Gasteiger partial charge in [-0.15, -0.1) is 0 Å². The topological polar surface area (TPSA) is 92.4 Å². The average Bonchev–Trinajstić information content (AvgIpc) is 3.12. The van der Waals surface area contributed by atoms with E-state index in [9.17, 15) is 19.8 Å². The van der Waals surface area contributed by atoms with E-state index in [4.69, 9.17) is 4.98 Å². The fraction of sp³-hybridized carbons (Fsp3) is 0.192. The minimum Gasteiger partial charge on any atom is -0.478 e. The van der Waals surface area contributed by atoms with Gasteiger partial charge in [0.05, 0.1) is 22.2 Å². The highest BCUT2D eigenvalue weighted by Gasteiger charge is 2.18. The van der Waals surface area contributed by atoms with E-state index in [1.54, 1.807) is 18.2 Å². The van der Waals surface area contributed by atoms with Crippen molar-refractivity contribution in [2.75, 3.05) is 0 Å². The average molecular weight is 428 g/mol. The van der Waals surface area contributed by atoms with Gasteiger partial charge in [-0.25, -0.2) is 14.6 Å². The van der Waals surface area contributed by atoms with Crippen LogP contribution in [0.2, 0.25) is 0 Å². The normalized spacial score (nSPS) is 11.1. The molecule has 0 fully saturated rings. The Hall–Kier alpha value is -3.93. The van der Waals surface area contributed by atoms with E-state index in [1.807, 2.05) is 54.0 Å². The number of aromatic nitrogens is 2. The molecule has 1 aromatic heterocycles. The van der Waals surface area contributed by atoms with Gasteiger partial charge in [0, 0.05) is 13.0 Å². The highest BCUT2D eigenvalue weighted by molar-refractivity contribution is 5.96. The van der Waals surface area contributed by atoms with Crippen LogP contribution in [0.5, 0.6) is 0 Å². The number of aromatic carboxylic acids is 2. The third-order valence-corrected chi connectivity index (χ3v) is 5.58. The molecule has 6 heteroatoms. The van der Waals surface area contributed by atoms with Gasteiger partial charge in [-0.3, -0.25) is 0 Å². The van der Waals surface area contributed by atoms with Crippen LogP contribution in [0.25, 0.3) is 22.2 Å². The van der Waals surface area contributed by atoms with Crippen LogP contribution in [0.3, 0.4) is 0 Å². The molecule has 4 rings (SSSR count). The van der Waals surface area contributed by atoms with Gasteiger partial charge in [0.25, 0.3) is 0 Å². The molecule has 0 aliphatic carbocycles. The molecule has 3 aromatic carbocycles. The van der Waals surface area contributed by atoms with Crippen molar-refractivity contribution in [3.8, 4) is 11.1 Å². The quantitative estimate of drug-likeness (QED) is 0.411. The Bertz CT molecular complexity index is 1320. The van der Waals surface area contributed by atoms with E-state index in [0.717, 1.165) is 46.4 Å². The summed E-state index contributed by atoms with van der Waals surface area (Å²) in [6, 6.07) is 18.2. The van der Waals surface area contributed by atoms with E-state index >= 15 is 0 Å². The monoisotopic (exact) mass is 428 g/mol. The number of fused-ring (bicyclic) bond motifs is 1. The summed E-state index contributed by atoms with van der Waals surface area (Å²) in [5.74, 6) is -1.11. The SMILES string of the molecule is CCCc1nc2c(C)cc(C(=O)O)cc2n1Cc1ccc(-c2ccccc2)c(C(=O)O)c1. The van der Waals surface area contributed by atoms with Gasteiger partial charge in [-0.2, -0.15) is 0 Å². The van der Waals surface area contributed by atoms with Crippen molar-refractivity contribution in [3.05, 3.63) is 88.7 Å². The molecule has 0 unspecified atom stereocenters. The molecule has 2 N–H and O–H groups in total. The maximum absolute atomic E-state index is 12.0. The molecule has 32 heavy (non-hydrogen) atoms. The van der Waals surface area contributed by atoms with Gasteiger partial charge in [-0.1, -0.05) is 49.4 Å². The summed E-state index contributed by atoms with van der Waals surface area (Å²) in [6.45, 7) is 4.33. The number of hydrogen-bond donors (Lipinski definition) is 2. The summed E-state index contributed by atoms with van der Waals surface area (Å²) in [4.78, 5) is 28.4. The van der Waals surface area contributed by atoms with Crippen molar-refractivity contribution < 1.29 is 19.8 Å². The van der Waals surface area contributed by atoms with Crippen molar-refractivity contribution in [1.82, 2.24) is 9.55 Å². The highest BCUT2D eigenvalue weighted by atomic mass is 16.4. The first-order valence-electron chi connectivity index (χ1n) is 10.5. The third-order valence-electron chi connectivity index (χ3n) is 5.58. The largest absolute Gasteiger partial charge is 0.478 e. The van der Waals surface area contributed by atoms with E-state index in [-0.39, 0.29) is 11.1 Å². The van der Waals surface area contributed by atoms with Crippen LogP contribution >= 0.6 is 0 Å². The van der Waals surface area contributed by atoms with Crippen molar-refractivity contribution >= 4 is 23.0 Å². The first-order chi connectivity index (χ1) is 15.4. The molecule has 6 nitrogen and oxygen atoms in total. The zero-order valence-corrected chi connectivity index (χ0v) is 18.0. The molecule has 0 aliphatic heterocycles. The Labute approximate surface area is 185 Å². The molecule has 4 aromatic rings. The molecule has 0 saturated heterocycles. The first-order valence-corrected chi connectivity index (χ1v) is 10.5. The summed E-state index contributed by atoms with van der Waals surface area (Å²) >= 11 is 0. The lowest BCUT2D eigenvalue weighted by Gasteiger charge is -2.13. The molecule has 0 radical (unpaired) electrons. The number of imidazole rings is 1. The Balaban J connectivity index is 1.83. The number of carboxylic acid groups (broad SMARTS) is 2. The molecular formula is C26H24N2O4. The molecule has 0 amide bonds. The third kappa shape index (κ3) is 3.99. The molecule has 162 valence electrons. The first kappa shape index (κ1) is 21.3. The zero-order valence-electron chi connectivity index (χ0n) is 18.0. The van der Waals surface area contributed by atoms with Crippen molar-refractivity contribution in [3.63, 3.8) is 0 Å². The van der Waals surface area contributed by atoms with E-state index < -0.39 is 11.9 Å². The van der Waals surface area contributed by atoms with Crippen molar-refractivity contribution in [1.29, 1.82) is 0 Å². The van der Waals surface area contributed by atoms with Gasteiger partial charge in [0.1, 0.15) is 5.82 Å². The smallest absolute Gasteiger partial charge is 0.336 e. The number of benzene rings is 3. The second-order valence-electron chi connectivity index (χ2n) is 7.88. The molecule has 0 bridgehead atoms. The van der Waals surface area contributed by atoms with Crippen LogP contribution in [-0.4, -0.2) is 31.7 Å². The number of carboxylic acids is 2. The van der Waals surface area contributed by atoms with Crippen LogP contribution in [-0.2, 0) is 13.0 Å². The molecular weight excluding hydrogens is 404 g/mol. The molecule has 0 saturated carbocycles. The summed E-state index contributed by atoms with van der Waals surface area (Å²) in [6.07, 6.45) is 1.63. The molecule has 1 heterocycles. The standard InChI is InChI=1S/C26H24N2O4/c1-3-7-23-27-24-16(2)12-19(25(29)30)14-22(24)28(23)15-17-10-11-20(21(13-17)26(31)32)18-8-5-4-6-9-18/h4-6,8-14H,3,7,15H2,1-2H3,(H,29,30)(H,31,32). The summed E-state index contributed by atoms with van der Waals surface area (Å²) in [5.41, 5.74) is 5.10. The predicted octanol–water partition coefficient (Wildman–Crippen LogP) is 5.41. The van der Waals surface area contributed by atoms with Gasteiger partial charge in [-0.05, 0) is 53.8 Å². The maximum atomic E-state index is 12.0. The number of rotatable bonds is 7. The Morgan fingerprint density at radius 2 is 1.72 bits per heavy atom. The highest BCUT2D eigenvalue weighted by Crippen LogP contribution is 2.28.